The summed E-state index contributed by atoms with van der Waals surface area (Å²) < 4.78 is 19.2. The number of nitrogens with one attached hydrogen (secondary N) is 1. The topological polar surface area (TPSA) is 41.6 Å². The van der Waals surface area contributed by atoms with E-state index in [2.05, 4.69) is 5.09 Å². The molecule has 0 aromatic carbocycles. The van der Waals surface area contributed by atoms with E-state index < -0.39 is 7.67 Å². The summed E-state index contributed by atoms with van der Waals surface area (Å²) in [6.07, 6.45) is -0.0195. The van der Waals surface area contributed by atoms with Crippen LogP contribution in [0, 0.1) is 0 Å². The number of alkyl halides is 2. The van der Waals surface area contributed by atoms with E-state index in [1.807, 2.05) is 6.92 Å². The lowest BCUT2D eigenvalue weighted by Gasteiger charge is -2.25. The summed E-state index contributed by atoms with van der Waals surface area (Å²) >= 11 is 11.2. The number of halogens is 2. The van der Waals surface area contributed by atoms with Crippen LogP contribution in [0.3, 0.4) is 0 Å². The van der Waals surface area contributed by atoms with Gasteiger partial charge in [0, 0.05) is 31.4 Å². The molecular weight excluding hydrogens is 246 g/mol. The zero-order valence-electron chi connectivity index (χ0n) is 8.08. The maximum absolute atomic E-state index is 12.2. The molecule has 7 heteroatoms. The van der Waals surface area contributed by atoms with Gasteiger partial charge in [-0.05, 0) is 6.92 Å². The van der Waals surface area contributed by atoms with Crippen molar-refractivity contribution in [3.05, 3.63) is 0 Å². The molecule has 0 unspecified atom stereocenters. The third kappa shape index (κ3) is 3.09. The quantitative estimate of drug-likeness (QED) is 0.606. The van der Waals surface area contributed by atoms with E-state index in [0.29, 0.717) is 31.4 Å². The van der Waals surface area contributed by atoms with Crippen molar-refractivity contribution in [2.75, 3.05) is 31.4 Å². The van der Waals surface area contributed by atoms with Gasteiger partial charge >= 0.3 is 7.67 Å². The minimum absolute atomic E-state index is 0.0195. The number of hydrogen-bond acceptors (Lipinski definition) is 2. The highest BCUT2D eigenvalue weighted by molar-refractivity contribution is 7.54. The Morgan fingerprint density at radius 1 is 1.50 bits per heavy atom. The Hall–Kier alpha value is 0.690. The summed E-state index contributed by atoms with van der Waals surface area (Å²) in [6.45, 7) is 3.53. The van der Waals surface area contributed by atoms with Crippen LogP contribution in [0.1, 0.15) is 6.92 Å². The highest BCUT2D eigenvalue weighted by Gasteiger charge is 2.38. The van der Waals surface area contributed by atoms with Gasteiger partial charge in [-0.25, -0.2) is 9.76 Å². The van der Waals surface area contributed by atoms with Gasteiger partial charge < -0.3 is 4.52 Å². The first kappa shape index (κ1) is 12.8. The molecule has 0 radical (unpaired) electrons. The number of hydrogen-bond donors (Lipinski definition) is 1. The zero-order chi connectivity index (χ0) is 10.6. The molecule has 0 bridgehead atoms. The molecule has 1 fully saturated rings. The van der Waals surface area contributed by atoms with Gasteiger partial charge in [0.1, 0.15) is 0 Å². The van der Waals surface area contributed by atoms with Crippen LogP contribution >= 0.6 is 30.9 Å². The highest BCUT2D eigenvalue weighted by atomic mass is 35.5. The van der Waals surface area contributed by atoms with Crippen molar-refractivity contribution in [3.8, 4) is 0 Å². The third-order valence-electron chi connectivity index (χ3n) is 1.96. The van der Waals surface area contributed by atoms with Crippen molar-refractivity contribution in [3.63, 3.8) is 0 Å². The molecule has 1 heterocycles. The second kappa shape index (κ2) is 5.69. The van der Waals surface area contributed by atoms with Crippen molar-refractivity contribution in [1.29, 1.82) is 0 Å². The second-order valence-corrected chi connectivity index (χ2v) is 6.02. The van der Waals surface area contributed by atoms with Crippen LogP contribution in [0.2, 0.25) is 0 Å². The largest absolute Gasteiger partial charge is 0.343 e. The molecule has 14 heavy (non-hydrogen) atoms. The molecule has 1 saturated heterocycles. The van der Waals surface area contributed by atoms with Crippen molar-refractivity contribution >= 4 is 30.9 Å². The molecule has 1 aliphatic rings. The molecule has 0 saturated carbocycles. The van der Waals surface area contributed by atoms with E-state index in [4.69, 9.17) is 27.7 Å². The predicted octanol–water partition coefficient (Wildman–Crippen LogP) is 1.88. The zero-order valence-corrected chi connectivity index (χ0v) is 10.5. The lowest BCUT2D eigenvalue weighted by Crippen LogP contribution is -2.29. The van der Waals surface area contributed by atoms with Crippen molar-refractivity contribution < 1.29 is 9.09 Å². The molecule has 1 aliphatic heterocycles. The van der Waals surface area contributed by atoms with Gasteiger partial charge in [0.15, 0.2) is 0 Å². The average molecular weight is 261 g/mol. The molecule has 0 aromatic rings. The van der Waals surface area contributed by atoms with Gasteiger partial charge in [-0.2, -0.15) is 0 Å². The van der Waals surface area contributed by atoms with Crippen LogP contribution in [0.15, 0.2) is 0 Å². The first-order valence-corrected chi connectivity index (χ1v) is 7.18. The molecule has 4 nitrogen and oxygen atoms in total. The standard InChI is InChI=1S/C7H15Cl2N2O2P/c1-7-6-10-14(12,13-7)11(4-2-8)5-3-9/h7H,2-6H2,1H3,(H,10,12)/t7-,14+/m0/s1. The minimum atomic E-state index is -2.85. The fourth-order valence-electron chi connectivity index (χ4n) is 1.30. The SMILES string of the molecule is C[C@H]1CN[P@](=O)(N(CCCl)CCCl)O1. The summed E-state index contributed by atoms with van der Waals surface area (Å²) in [5.74, 6) is 0.834. The molecule has 84 valence electrons. The molecule has 1 rings (SSSR count). The number of rotatable bonds is 5. The van der Waals surface area contributed by atoms with Gasteiger partial charge in [0.05, 0.1) is 6.10 Å². The maximum atomic E-state index is 12.2. The smallest absolute Gasteiger partial charge is 0.302 e. The van der Waals surface area contributed by atoms with Crippen LogP contribution in [-0.4, -0.2) is 42.2 Å². The van der Waals surface area contributed by atoms with E-state index in [0.717, 1.165) is 0 Å². The molecule has 0 aromatic heterocycles. The van der Waals surface area contributed by atoms with Gasteiger partial charge in [0.25, 0.3) is 0 Å². The lowest BCUT2D eigenvalue weighted by atomic mass is 10.4. The van der Waals surface area contributed by atoms with Crippen LogP contribution in [0.4, 0.5) is 0 Å². The predicted molar refractivity (Wildman–Crippen MR) is 59.2 cm³/mol. The van der Waals surface area contributed by atoms with Crippen molar-refractivity contribution in [1.82, 2.24) is 9.76 Å². The van der Waals surface area contributed by atoms with E-state index in [-0.39, 0.29) is 6.10 Å². The Morgan fingerprint density at radius 2 is 2.07 bits per heavy atom. The van der Waals surface area contributed by atoms with E-state index >= 15 is 0 Å². The summed E-state index contributed by atoms with van der Waals surface area (Å²) in [6, 6.07) is 0. The van der Waals surface area contributed by atoms with Gasteiger partial charge in [-0.15, -0.1) is 23.2 Å². The molecule has 1 N–H and O–H groups in total. The molecule has 2 atom stereocenters. The molecule has 0 amide bonds. The first-order valence-electron chi connectivity index (χ1n) is 4.53. The Kier molecular flexibility index (Phi) is 5.18. The van der Waals surface area contributed by atoms with Crippen LogP contribution in [0.5, 0.6) is 0 Å². The first-order chi connectivity index (χ1) is 6.62. The highest BCUT2D eigenvalue weighted by Crippen LogP contribution is 2.50. The number of nitrogens with zero attached hydrogens (tertiary/aromatic N) is 1. The lowest BCUT2D eigenvalue weighted by molar-refractivity contribution is 0.236. The van der Waals surface area contributed by atoms with Crippen molar-refractivity contribution in [2.45, 2.75) is 13.0 Å². The van der Waals surface area contributed by atoms with Gasteiger partial charge in [0.2, 0.25) is 0 Å². The van der Waals surface area contributed by atoms with E-state index in [1.165, 1.54) is 0 Å². The summed E-state index contributed by atoms with van der Waals surface area (Å²) in [5, 5.41) is 2.89. The molecule has 0 aliphatic carbocycles. The van der Waals surface area contributed by atoms with E-state index in [1.54, 1.807) is 4.67 Å². The third-order valence-corrected chi connectivity index (χ3v) is 4.67. The minimum Gasteiger partial charge on any atom is -0.302 e. The normalized spacial score (nSPS) is 32.7. The van der Waals surface area contributed by atoms with Crippen LogP contribution in [0.25, 0.3) is 0 Å². The average Bonchev–Trinajstić information content (AvgIpc) is 2.47. The van der Waals surface area contributed by atoms with E-state index in [9.17, 15) is 4.57 Å². The second-order valence-electron chi connectivity index (χ2n) is 3.13. The van der Waals surface area contributed by atoms with Crippen LogP contribution in [-0.2, 0) is 9.09 Å². The molecular formula is C7H15Cl2N2O2P. The monoisotopic (exact) mass is 260 g/mol. The Labute approximate surface area is 94.4 Å². The Morgan fingerprint density at radius 3 is 2.43 bits per heavy atom. The summed E-state index contributed by atoms with van der Waals surface area (Å²) in [4.78, 5) is 0. The summed E-state index contributed by atoms with van der Waals surface area (Å²) in [5.41, 5.74) is 0. The molecule has 0 spiro atoms. The summed E-state index contributed by atoms with van der Waals surface area (Å²) in [7, 11) is -2.85. The Balaban J connectivity index is 2.61. The van der Waals surface area contributed by atoms with Gasteiger partial charge in [-0.3, -0.25) is 4.57 Å². The fourth-order valence-corrected chi connectivity index (χ4v) is 4.13. The maximum Gasteiger partial charge on any atom is 0.343 e. The Bertz CT molecular complexity index is 224. The van der Waals surface area contributed by atoms with Gasteiger partial charge in [-0.1, -0.05) is 0 Å². The van der Waals surface area contributed by atoms with Crippen LogP contribution < -0.4 is 5.09 Å². The van der Waals surface area contributed by atoms with Crippen molar-refractivity contribution in [2.24, 2.45) is 0 Å². The fraction of sp³-hybridized carbons (Fsp3) is 1.00.